The second kappa shape index (κ2) is 9.69. The molecule has 172 valence electrons. The van der Waals surface area contributed by atoms with Crippen molar-refractivity contribution in [2.45, 2.75) is 25.7 Å². The fourth-order valence-corrected chi connectivity index (χ4v) is 4.54. The Labute approximate surface area is 194 Å². The van der Waals surface area contributed by atoms with Crippen LogP contribution in [0.5, 0.6) is 11.5 Å². The van der Waals surface area contributed by atoms with Crippen LogP contribution in [0.4, 0.5) is 5.69 Å². The van der Waals surface area contributed by atoms with E-state index < -0.39 is 0 Å². The Morgan fingerprint density at radius 1 is 0.909 bits per heavy atom. The summed E-state index contributed by atoms with van der Waals surface area (Å²) in [5, 5.41) is 0. The van der Waals surface area contributed by atoms with Gasteiger partial charge in [-0.15, -0.1) is 0 Å². The van der Waals surface area contributed by atoms with Gasteiger partial charge in [-0.25, -0.2) is 0 Å². The Balaban J connectivity index is 1.32. The summed E-state index contributed by atoms with van der Waals surface area (Å²) in [6.45, 7) is 2.84. The highest BCUT2D eigenvalue weighted by Crippen LogP contribution is 2.36. The topological polar surface area (TPSA) is 59.1 Å². The molecule has 6 nitrogen and oxygen atoms in total. The summed E-state index contributed by atoms with van der Waals surface area (Å²) in [4.78, 5) is 29.8. The van der Waals surface area contributed by atoms with Crippen LogP contribution in [0.25, 0.3) is 6.08 Å². The number of amides is 2. The molecular weight excluding hydrogens is 416 g/mol. The standard InChI is InChI=1S/C27H30N2O4/c30-26(21-8-9-21)28-15-12-22(13-16-28)27(31)29(14-4-7-20-5-2-1-3-6-20)23-10-11-24-25(19-23)33-18-17-32-24/h1-7,10-11,19,21-22H,8-9,12-18H2/b7-4+. The lowest BCUT2D eigenvalue weighted by Crippen LogP contribution is -2.45. The molecule has 2 aliphatic heterocycles. The van der Waals surface area contributed by atoms with E-state index in [0.717, 1.165) is 24.1 Å². The number of fused-ring (bicyclic) bond motifs is 1. The predicted octanol–water partition coefficient (Wildman–Crippen LogP) is 4.15. The smallest absolute Gasteiger partial charge is 0.230 e. The minimum absolute atomic E-state index is 0.0911. The number of hydrogen-bond acceptors (Lipinski definition) is 4. The highest BCUT2D eigenvalue weighted by atomic mass is 16.6. The zero-order valence-electron chi connectivity index (χ0n) is 18.8. The summed E-state index contributed by atoms with van der Waals surface area (Å²) >= 11 is 0. The maximum Gasteiger partial charge on any atom is 0.230 e. The van der Waals surface area contributed by atoms with Crippen LogP contribution in [0.2, 0.25) is 0 Å². The van der Waals surface area contributed by atoms with Crippen molar-refractivity contribution in [1.82, 2.24) is 4.90 Å². The number of rotatable bonds is 6. The molecule has 33 heavy (non-hydrogen) atoms. The molecule has 5 rings (SSSR count). The van der Waals surface area contributed by atoms with Crippen molar-refractivity contribution in [2.75, 3.05) is 37.7 Å². The fraction of sp³-hybridized carbons (Fsp3) is 0.407. The van der Waals surface area contributed by atoms with Gasteiger partial charge in [-0.05, 0) is 43.4 Å². The fourth-order valence-electron chi connectivity index (χ4n) is 4.54. The van der Waals surface area contributed by atoms with Crippen molar-refractivity contribution in [1.29, 1.82) is 0 Å². The first-order valence-electron chi connectivity index (χ1n) is 11.9. The summed E-state index contributed by atoms with van der Waals surface area (Å²) in [7, 11) is 0. The van der Waals surface area contributed by atoms with E-state index in [4.69, 9.17) is 9.47 Å². The van der Waals surface area contributed by atoms with Gasteiger partial charge in [0.25, 0.3) is 0 Å². The van der Waals surface area contributed by atoms with Crippen LogP contribution < -0.4 is 14.4 Å². The molecule has 0 aromatic heterocycles. The zero-order valence-corrected chi connectivity index (χ0v) is 18.8. The average molecular weight is 447 g/mol. The van der Waals surface area contributed by atoms with E-state index in [1.54, 1.807) is 0 Å². The predicted molar refractivity (Wildman–Crippen MR) is 127 cm³/mol. The van der Waals surface area contributed by atoms with Gasteiger partial charge in [0, 0.05) is 43.2 Å². The Morgan fingerprint density at radius 2 is 1.64 bits per heavy atom. The summed E-state index contributed by atoms with van der Waals surface area (Å²) in [6.07, 6.45) is 7.51. The van der Waals surface area contributed by atoms with E-state index in [0.29, 0.717) is 57.2 Å². The molecule has 2 fully saturated rings. The molecule has 6 heteroatoms. The van der Waals surface area contributed by atoms with Crippen LogP contribution in [0.3, 0.4) is 0 Å². The number of benzene rings is 2. The Hall–Kier alpha value is -3.28. The summed E-state index contributed by atoms with van der Waals surface area (Å²) in [5.41, 5.74) is 1.90. The molecule has 1 saturated carbocycles. The van der Waals surface area contributed by atoms with Crippen molar-refractivity contribution in [3.63, 3.8) is 0 Å². The minimum atomic E-state index is -0.0911. The number of piperidine rings is 1. The molecular formula is C27H30N2O4. The van der Waals surface area contributed by atoms with Gasteiger partial charge in [-0.2, -0.15) is 0 Å². The van der Waals surface area contributed by atoms with Crippen molar-refractivity contribution < 1.29 is 19.1 Å². The van der Waals surface area contributed by atoms with Crippen molar-refractivity contribution in [3.8, 4) is 11.5 Å². The number of nitrogens with zero attached hydrogens (tertiary/aromatic N) is 2. The average Bonchev–Trinajstić information content (AvgIpc) is 3.72. The molecule has 1 aliphatic carbocycles. The molecule has 0 N–H and O–H groups in total. The van der Waals surface area contributed by atoms with Crippen LogP contribution in [-0.4, -0.2) is 49.6 Å². The van der Waals surface area contributed by atoms with E-state index in [1.165, 1.54) is 0 Å². The van der Waals surface area contributed by atoms with E-state index in [2.05, 4.69) is 0 Å². The lowest BCUT2D eigenvalue weighted by Gasteiger charge is -2.34. The van der Waals surface area contributed by atoms with Gasteiger partial charge in [0.05, 0.1) is 0 Å². The molecule has 3 aliphatic rings. The van der Waals surface area contributed by atoms with Crippen molar-refractivity contribution >= 4 is 23.6 Å². The van der Waals surface area contributed by atoms with Crippen molar-refractivity contribution in [2.24, 2.45) is 11.8 Å². The van der Waals surface area contributed by atoms with Crippen LogP contribution in [0.15, 0.2) is 54.6 Å². The molecule has 2 amide bonds. The third-order valence-electron chi connectivity index (χ3n) is 6.58. The third kappa shape index (κ3) is 5.05. The Kier molecular flexibility index (Phi) is 6.33. The second-order valence-corrected chi connectivity index (χ2v) is 8.96. The number of likely N-dealkylation sites (tertiary alicyclic amines) is 1. The lowest BCUT2D eigenvalue weighted by atomic mass is 9.94. The highest BCUT2D eigenvalue weighted by molar-refractivity contribution is 5.96. The maximum atomic E-state index is 13.6. The van der Waals surface area contributed by atoms with Gasteiger partial charge in [0.15, 0.2) is 11.5 Å². The first kappa shape index (κ1) is 21.6. The first-order chi connectivity index (χ1) is 16.2. The quantitative estimate of drug-likeness (QED) is 0.669. The molecule has 0 spiro atoms. The summed E-state index contributed by atoms with van der Waals surface area (Å²) in [6, 6.07) is 15.8. The van der Waals surface area contributed by atoms with E-state index >= 15 is 0 Å². The minimum Gasteiger partial charge on any atom is -0.486 e. The van der Waals surface area contributed by atoms with E-state index in [9.17, 15) is 9.59 Å². The summed E-state index contributed by atoms with van der Waals surface area (Å²) < 4.78 is 11.4. The number of hydrogen-bond donors (Lipinski definition) is 0. The molecule has 2 aromatic carbocycles. The molecule has 1 saturated heterocycles. The van der Waals surface area contributed by atoms with Crippen LogP contribution in [0.1, 0.15) is 31.2 Å². The summed E-state index contributed by atoms with van der Waals surface area (Å²) in [5.74, 6) is 1.90. The van der Waals surface area contributed by atoms with E-state index in [-0.39, 0.29) is 23.7 Å². The first-order valence-corrected chi connectivity index (χ1v) is 11.9. The van der Waals surface area contributed by atoms with Crippen molar-refractivity contribution in [3.05, 3.63) is 60.2 Å². The third-order valence-corrected chi connectivity index (χ3v) is 6.58. The molecule has 0 bridgehead atoms. The van der Waals surface area contributed by atoms with Crippen LogP contribution >= 0.6 is 0 Å². The molecule has 0 atom stereocenters. The van der Waals surface area contributed by atoms with Crippen LogP contribution in [-0.2, 0) is 9.59 Å². The maximum absolute atomic E-state index is 13.6. The molecule has 0 unspecified atom stereocenters. The largest absolute Gasteiger partial charge is 0.486 e. The van der Waals surface area contributed by atoms with Gasteiger partial charge in [-0.1, -0.05) is 42.5 Å². The number of ether oxygens (including phenoxy) is 2. The Bertz CT molecular complexity index is 1020. The van der Waals surface area contributed by atoms with Gasteiger partial charge >= 0.3 is 0 Å². The molecule has 2 heterocycles. The number of carbonyl (C=O) groups is 2. The normalized spacial score (nSPS) is 18.4. The van der Waals surface area contributed by atoms with Gasteiger partial charge in [0.1, 0.15) is 13.2 Å². The number of carbonyl (C=O) groups excluding carboxylic acids is 2. The lowest BCUT2D eigenvalue weighted by molar-refractivity contribution is -0.136. The zero-order chi connectivity index (χ0) is 22.6. The van der Waals surface area contributed by atoms with Crippen LogP contribution in [0, 0.1) is 11.8 Å². The highest BCUT2D eigenvalue weighted by Gasteiger charge is 2.37. The number of anilines is 1. The monoisotopic (exact) mass is 446 g/mol. The molecule has 0 radical (unpaired) electrons. The second-order valence-electron chi connectivity index (χ2n) is 8.96. The molecule has 2 aromatic rings. The van der Waals surface area contributed by atoms with Gasteiger partial charge < -0.3 is 19.3 Å². The van der Waals surface area contributed by atoms with Gasteiger partial charge in [-0.3, -0.25) is 9.59 Å². The van der Waals surface area contributed by atoms with Gasteiger partial charge in [0.2, 0.25) is 11.8 Å². The Morgan fingerprint density at radius 3 is 2.36 bits per heavy atom. The van der Waals surface area contributed by atoms with E-state index in [1.807, 2.05) is 70.5 Å². The SMILES string of the molecule is O=C(C1CC1)N1CCC(C(=O)N(C/C=C/c2ccccc2)c2ccc3c(c2)OCCO3)CC1.